The summed E-state index contributed by atoms with van der Waals surface area (Å²) in [6, 6.07) is -0.0258. The minimum atomic E-state index is -0.186. The minimum absolute atomic E-state index is 0.0258. The number of amides is 1. The van der Waals surface area contributed by atoms with Gasteiger partial charge in [0.25, 0.3) is 0 Å². The van der Waals surface area contributed by atoms with Crippen LogP contribution in [0.1, 0.15) is 25.5 Å². The van der Waals surface area contributed by atoms with Crippen LogP contribution in [0.15, 0.2) is 10.2 Å². The quantitative estimate of drug-likeness (QED) is 0.780. The number of thiazole rings is 1. The lowest BCUT2D eigenvalue weighted by atomic mass is 10.1. The number of aliphatic hydroxyl groups is 1. The Morgan fingerprint density at radius 2 is 2.35 bits per heavy atom. The Bertz CT molecular complexity index is 425. The van der Waals surface area contributed by atoms with E-state index in [0.717, 1.165) is 23.5 Å². The summed E-state index contributed by atoms with van der Waals surface area (Å²) in [6.07, 6.45) is 1.31. The summed E-state index contributed by atoms with van der Waals surface area (Å²) < 4.78 is 1.45. The molecule has 1 atom stereocenters. The molecule has 0 bridgehead atoms. The molecule has 0 fully saturated rings. The summed E-state index contributed by atoms with van der Waals surface area (Å²) in [6.45, 7) is 3.85. The smallest absolute Gasteiger partial charge is 0.307 e. The Kier molecular flexibility index (Phi) is 5.37. The topological polar surface area (TPSA) is 71.3 Å². The van der Waals surface area contributed by atoms with Crippen LogP contribution in [0.5, 0.6) is 0 Å². The van der Waals surface area contributed by atoms with Gasteiger partial charge in [0.05, 0.1) is 0 Å². The molecule has 0 aliphatic heterocycles. The Balaban J connectivity index is 2.58. The third-order valence-electron chi connectivity index (χ3n) is 2.61. The van der Waals surface area contributed by atoms with Crippen LogP contribution in [-0.2, 0) is 11.3 Å². The van der Waals surface area contributed by atoms with Crippen LogP contribution in [0.3, 0.4) is 0 Å². The van der Waals surface area contributed by atoms with Gasteiger partial charge in [-0.2, -0.15) is 0 Å². The summed E-state index contributed by atoms with van der Waals surface area (Å²) in [5, 5.41) is 13.4. The molecule has 2 N–H and O–H groups in total. The molecule has 1 rings (SSSR count). The molecule has 0 saturated heterocycles. The highest BCUT2D eigenvalue weighted by Gasteiger charge is 2.12. The number of nitrogens with zero attached hydrogens (tertiary/aromatic N) is 1. The van der Waals surface area contributed by atoms with Gasteiger partial charge in [0.1, 0.15) is 6.54 Å². The lowest BCUT2D eigenvalue weighted by Crippen LogP contribution is -2.38. The number of hydrogen-bond acceptors (Lipinski definition) is 4. The predicted molar refractivity (Wildman–Crippen MR) is 67.2 cm³/mol. The maximum absolute atomic E-state index is 11.7. The Morgan fingerprint density at radius 3 is 2.82 bits per heavy atom. The fraction of sp³-hybridized carbons (Fsp3) is 0.636. The fourth-order valence-corrected chi connectivity index (χ4v) is 2.28. The molecule has 0 saturated carbocycles. The molecule has 1 aromatic heterocycles. The van der Waals surface area contributed by atoms with E-state index >= 15 is 0 Å². The molecular formula is C11H18N2O3S. The number of aromatic nitrogens is 1. The van der Waals surface area contributed by atoms with Crippen LogP contribution in [0.4, 0.5) is 0 Å². The van der Waals surface area contributed by atoms with E-state index in [9.17, 15) is 9.59 Å². The number of carbonyl (C=O) groups excluding carboxylic acids is 1. The Morgan fingerprint density at radius 1 is 1.65 bits per heavy atom. The van der Waals surface area contributed by atoms with Gasteiger partial charge < -0.3 is 10.4 Å². The first kappa shape index (κ1) is 13.9. The predicted octanol–water partition coefficient (Wildman–Crippen LogP) is 0.495. The SMILES string of the molecule is CCC(CCO)NC(=O)Cn1c(C)csc1=O. The van der Waals surface area contributed by atoms with Gasteiger partial charge in [-0.15, -0.1) is 0 Å². The first-order chi connectivity index (χ1) is 8.08. The number of nitrogens with one attached hydrogen (secondary N) is 1. The summed E-state index contributed by atoms with van der Waals surface area (Å²) in [5.41, 5.74) is 0.797. The highest BCUT2D eigenvalue weighted by molar-refractivity contribution is 7.07. The van der Waals surface area contributed by atoms with Gasteiger partial charge in [0.2, 0.25) is 5.91 Å². The molecule has 1 aromatic rings. The number of rotatable bonds is 6. The zero-order valence-corrected chi connectivity index (χ0v) is 10.9. The average Bonchev–Trinajstić information content (AvgIpc) is 2.60. The average molecular weight is 258 g/mol. The van der Waals surface area contributed by atoms with Crippen LogP contribution in [0.2, 0.25) is 0 Å². The van der Waals surface area contributed by atoms with Gasteiger partial charge >= 0.3 is 4.87 Å². The van der Waals surface area contributed by atoms with E-state index in [1.165, 1.54) is 4.57 Å². The van der Waals surface area contributed by atoms with E-state index in [-0.39, 0.29) is 30.0 Å². The highest BCUT2D eigenvalue weighted by Crippen LogP contribution is 2.00. The van der Waals surface area contributed by atoms with E-state index in [1.54, 1.807) is 12.3 Å². The van der Waals surface area contributed by atoms with Crippen molar-refractivity contribution < 1.29 is 9.90 Å². The van der Waals surface area contributed by atoms with Gasteiger partial charge in [-0.1, -0.05) is 18.3 Å². The molecule has 6 heteroatoms. The molecule has 0 aromatic carbocycles. The van der Waals surface area contributed by atoms with Crippen molar-refractivity contribution in [1.29, 1.82) is 0 Å². The van der Waals surface area contributed by atoms with Crippen molar-refractivity contribution in [2.24, 2.45) is 0 Å². The van der Waals surface area contributed by atoms with E-state index < -0.39 is 0 Å². The normalized spacial score (nSPS) is 12.4. The maximum atomic E-state index is 11.7. The van der Waals surface area contributed by atoms with Crippen molar-refractivity contribution in [1.82, 2.24) is 9.88 Å². The molecule has 1 unspecified atom stereocenters. The van der Waals surface area contributed by atoms with Gasteiger partial charge in [-0.25, -0.2) is 0 Å². The molecule has 0 radical (unpaired) electrons. The lowest BCUT2D eigenvalue weighted by Gasteiger charge is -2.15. The molecule has 5 nitrogen and oxygen atoms in total. The van der Waals surface area contributed by atoms with Crippen molar-refractivity contribution in [2.45, 2.75) is 39.3 Å². The molecule has 0 aliphatic carbocycles. The number of carbonyl (C=O) groups is 1. The monoisotopic (exact) mass is 258 g/mol. The van der Waals surface area contributed by atoms with Gasteiger partial charge in [0, 0.05) is 23.7 Å². The molecule has 96 valence electrons. The first-order valence-corrected chi connectivity index (χ1v) is 6.51. The fourth-order valence-electron chi connectivity index (χ4n) is 1.55. The zero-order valence-electron chi connectivity index (χ0n) is 10.1. The summed E-state index contributed by atoms with van der Waals surface area (Å²) >= 11 is 1.10. The maximum Gasteiger partial charge on any atom is 0.307 e. The van der Waals surface area contributed by atoms with Crippen molar-refractivity contribution >= 4 is 17.2 Å². The molecule has 0 spiro atoms. The standard InChI is InChI=1S/C11H18N2O3S/c1-3-9(4-5-14)12-10(15)6-13-8(2)7-17-11(13)16/h7,9,14H,3-6H2,1-2H3,(H,12,15). The summed E-state index contributed by atoms with van der Waals surface area (Å²) in [7, 11) is 0. The van der Waals surface area contributed by atoms with Crippen LogP contribution in [0, 0.1) is 6.92 Å². The number of aryl methyl sites for hydroxylation is 1. The molecule has 0 aliphatic rings. The highest BCUT2D eigenvalue weighted by atomic mass is 32.1. The zero-order chi connectivity index (χ0) is 12.8. The third kappa shape index (κ3) is 3.98. The molecule has 1 heterocycles. The van der Waals surface area contributed by atoms with Crippen LogP contribution >= 0.6 is 11.3 Å². The van der Waals surface area contributed by atoms with Crippen LogP contribution in [-0.4, -0.2) is 28.2 Å². The van der Waals surface area contributed by atoms with Crippen molar-refractivity contribution in [2.75, 3.05) is 6.61 Å². The van der Waals surface area contributed by atoms with Gasteiger partial charge in [0.15, 0.2) is 0 Å². The molecular weight excluding hydrogens is 240 g/mol. The lowest BCUT2D eigenvalue weighted by molar-refractivity contribution is -0.122. The second-order valence-electron chi connectivity index (χ2n) is 3.91. The number of aliphatic hydroxyl groups excluding tert-OH is 1. The van der Waals surface area contributed by atoms with E-state index in [4.69, 9.17) is 5.11 Å². The summed E-state index contributed by atoms with van der Waals surface area (Å²) in [5.74, 6) is -0.186. The van der Waals surface area contributed by atoms with Gasteiger partial charge in [-0.3, -0.25) is 14.2 Å². The Hall–Kier alpha value is -1.14. The van der Waals surface area contributed by atoms with Crippen molar-refractivity contribution in [3.8, 4) is 0 Å². The summed E-state index contributed by atoms with van der Waals surface area (Å²) in [4.78, 5) is 23.0. The van der Waals surface area contributed by atoms with Crippen LogP contribution < -0.4 is 10.2 Å². The third-order valence-corrected chi connectivity index (χ3v) is 3.49. The van der Waals surface area contributed by atoms with Crippen LogP contribution in [0.25, 0.3) is 0 Å². The second kappa shape index (κ2) is 6.56. The van der Waals surface area contributed by atoms with E-state index in [1.807, 2.05) is 6.92 Å². The van der Waals surface area contributed by atoms with Crippen molar-refractivity contribution in [3.05, 3.63) is 20.7 Å². The van der Waals surface area contributed by atoms with E-state index in [0.29, 0.717) is 6.42 Å². The minimum Gasteiger partial charge on any atom is -0.396 e. The number of hydrogen-bond donors (Lipinski definition) is 2. The van der Waals surface area contributed by atoms with Gasteiger partial charge in [-0.05, 0) is 19.8 Å². The molecule has 17 heavy (non-hydrogen) atoms. The largest absolute Gasteiger partial charge is 0.396 e. The molecule has 1 amide bonds. The Labute approximate surface area is 104 Å². The first-order valence-electron chi connectivity index (χ1n) is 5.63. The van der Waals surface area contributed by atoms with Crippen molar-refractivity contribution in [3.63, 3.8) is 0 Å². The van der Waals surface area contributed by atoms with E-state index in [2.05, 4.69) is 5.32 Å². The second-order valence-corrected chi connectivity index (χ2v) is 4.73.